The van der Waals surface area contributed by atoms with E-state index in [-0.39, 0.29) is 24.5 Å². The van der Waals surface area contributed by atoms with E-state index in [1.807, 2.05) is 36.4 Å². The molecule has 0 saturated carbocycles. The molecule has 9 rings (SSSR count). The highest BCUT2D eigenvalue weighted by Gasteiger charge is 2.45. The van der Waals surface area contributed by atoms with Crippen LogP contribution in [0, 0.1) is 5.92 Å². The van der Waals surface area contributed by atoms with Crippen LogP contribution in [0.5, 0.6) is 17.2 Å². The summed E-state index contributed by atoms with van der Waals surface area (Å²) in [5, 5.41) is 32.4. The van der Waals surface area contributed by atoms with E-state index < -0.39 is 30.9 Å². The van der Waals surface area contributed by atoms with Gasteiger partial charge in [-0.25, -0.2) is 0 Å². The molecule has 0 aliphatic carbocycles. The van der Waals surface area contributed by atoms with Crippen LogP contribution in [0.2, 0.25) is 0 Å². The molecule has 302 valence electrons. The average Bonchev–Trinajstić information content (AvgIpc) is 3.72. The highest BCUT2D eigenvalue weighted by atomic mass is 32.1. The second kappa shape index (κ2) is 16.1. The summed E-state index contributed by atoms with van der Waals surface area (Å²) in [4.78, 5) is 59.6. The standard InChI is InChI=1S/C44H44BN5O8S/c51-32-8-12-35-38(26-32)59-41(28-1-3-29(4-2-28)45(56)57)40(35)58-33-9-5-30(6-10-33)49-23-21-47(22-24-49)18-15-27-16-19-48(20-17-27)31-7-11-34-36(25-31)44(55)50(43(34)54)37-13-14-39(52)46-42(37)53/h1-12,25-27,37,51,56-57H,13-24H2,(H,46,52,53). The first-order valence-electron chi connectivity index (χ1n) is 20.2. The summed E-state index contributed by atoms with van der Waals surface area (Å²) in [6.07, 6.45) is 3.46. The zero-order chi connectivity index (χ0) is 40.8. The van der Waals surface area contributed by atoms with Crippen molar-refractivity contribution in [1.82, 2.24) is 15.1 Å². The molecule has 13 nitrogen and oxygen atoms in total. The summed E-state index contributed by atoms with van der Waals surface area (Å²) in [7, 11) is -1.54. The Labute approximate surface area is 345 Å². The smallest absolute Gasteiger partial charge is 0.488 e. The number of nitrogens with zero attached hydrogens (tertiary/aromatic N) is 4. The van der Waals surface area contributed by atoms with Crippen LogP contribution in [0.15, 0.2) is 84.9 Å². The molecule has 59 heavy (non-hydrogen) atoms. The lowest BCUT2D eigenvalue weighted by Gasteiger charge is -2.38. The van der Waals surface area contributed by atoms with Crippen LogP contribution in [-0.2, 0) is 9.59 Å². The molecule has 1 atom stereocenters. The quantitative estimate of drug-likeness (QED) is 0.115. The molecule has 1 aromatic heterocycles. The van der Waals surface area contributed by atoms with Crippen LogP contribution in [0.4, 0.5) is 11.4 Å². The number of imide groups is 2. The first-order chi connectivity index (χ1) is 28.6. The van der Waals surface area contributed by atoms with E-state index in [1.54, 1.807) is 36.4 Å². The van der Waals surface area contributed by atoms with Crippen molar-refractivity contribution in [3.8, 4) is 27.7 Å². The number of nitrogens with one attached hydrogen (secondary N) is 1. The van der Waals surface area contributed by atoms with Gasteiger partial charge in [0.25, 0.3) is 11.8 Å². The van der Waals surface area contributed by atoms with E-state index in [0.717, 1.165) is 102 Å². The molecule has 0 bridgehead atoms. The third-order valence-corrected chi connectivity index (χ3v) is 13.3. The maximum Gasteiger partial charge on any atom is 0.488 e. The summed E-state index contributed by atoms with van der Waals surface area (Å²) in [6.45, 7) is 6.62. The number of hydrogen-bond acceptors (Lipinski definition) is 12. The number of aromatic hydroxyl groups is 1. The van der Waals surface area contributed by atoms with Gasteiger partial charge in [-0.05, 0) is 110 Å². The van der Waals surface area contributed by atoms with Gasteiger partial charge in [-0.3, -0.25) is 34.3 Å². The molecule has 3 saturated heterocycles. The maximum absolute atomic E-state index is 13.3. The fourth-order valence-corrected chi connectivity index (χ4v) is 9.90. The van der Waals surface area contributed by atoms with Crippen molar-refractivity contribution < 1.29 is 39.1 Å². The van der Waals surface area contributed by atoms with Crippen LogP contribution >= 0.6 is 11.3 Å². The Morgan fingerprint density at radius 3 is 2.15 bits per heavy atom. The zero-order valence-corrected chi connectivity index (χ0v) is 33.2. The van der Waals surface area contributed by atoms with Gasteiger partial charge in [0.1, 0.15) is 17.5 Å². The molecule has 0 spiro atoms. The van der Waals surface area contributed by atoms with Gasteiger partial charge in [0, 0.05) is 67.2 Å². The van der Waals surface area contributed by atoms with Crippen LogP contribution in [0.3, 0.4) is 0 Å². The van der Waals surface area contributed by atoms with Gasteiger partial charge in [-0.2, -0.15) is 0 Å². The minimum absolute atomic E-state index is 0.0943. The van der Waals surface area contributed by atoms with Crippen molar-refractivity contribution in [1.29, 1.82) is 0 Å². The molecule has 1 unspecified atom stereocenters. The van der Waals surface area contributed by atoms with Crippen LogP contribution in [-0.4, -0.2) is 108 Å². The molecular weight excluding hydrogens is 769 g/mol. The number of carbonyl (C=O) groups is 4. The lowest BCUT2D eigenvalue weighted by molar-refractivity contribution is -0.136. The molecule has 0 radical (unpaired) electrons. The lowest BCUT2D eigenvalue weighted by Crippen LogP contribution is -2.54. The first-order valence-corrected chi connectivity index (χ1v) is 21.0. The summed E-state index contributed by atoms with van der Waals surface area (Å²) in [6, 6.07) is 24.8. The Kier molecular flexibility index (Phi) is 10.6. The third-order valence-electron chi connectivity index (χ3n) is 12.1. The number of phenols is 1. The molecule has 5 aromatic rings. The lowest BCUT2D eigenvalue weighted by atomic mass is 9.80. The molecule has 4 N–H and O–H groups in total. The van der Waals surface area contributed by atoms with Crippen molar-refractivity contribution in [3.05, 3.63) is 96.1 Å². The van der Waals surface area contributed by atoms with Crippen LogP contribution in [0.1, 0.15) is 52.8 Å². The number of carbonyl (C=O) groups excluding carboxylic acids is 4. The van der Waals surface area contributed by atoms with E-state index in [2.05, 4.69) is 32.1 Å². The van der Waals surface area contributed by atoms with E-state index >= 15 is 0 Å². The molecular formula is C44H44BN5O8S. The molecule has 4 aliphatic heterocycles. The molecule has 4 aromatic carbocycles. The van der Waals surface area contributed by atoms with Gasteiger partial charge in [0.15, 0.2) is 5.75 Å². The Morgan fingerprint density at radius 2 is 1.44 bits per heavy atom. The van der Waals surface area contributed by atoms with E-state index in [9.17, 15) is 34.3 Å². The molecule has 3 fully saturated rings. The number of piperazine rings is 1. The fraction of sp³-hybridized carbons (Fsp3) is 0.318. The van der Waals surface area contributed by atoms with Crippen molar-refractivity contribution in [2.45, 2.75) is 38.1 Å². The predicted molar refractivity (Wildman–Crippen MR) is 227 cm³/mol. The van der Waals surface area contributed by atoms with Crippen LogP contribution in [0.25, 0.3) is 20.5 Å². The van der Waals surface area contributed by atoms with Crippen molar-refractivity contribution in [2.24, 2.45) is 5.92 Å². The van der Waals surface area contributed by atoms with Gasteiger partial charge in [-0.1, -0.05) is 24.3 Å². The second-order valence-corrected chi connectivity index (χ2v) is 16.8. The number of thiophene rings is 1. The Morgan fingerprint density at radius 1 is 0.746 bits per heavy atom. The van der Waals surface area contributed by atoms with E-state index in [0.29, 0.717) is 34.0 Å². The van der Waals surface area contributed by atoms with E-state index in [1.165, 1.54) is 11.3 Å². The van der Waals surface area contributed by atoms with Gasteiger partial charge >= 0.3 is 7.12 Å². The average molecular weight is 814 g/mol. The fourth-order valence-electron chi connectivity index (χ4n) is 8.73. The molecule has 15 heteroatoms. The van der Waals surface area contributed by atoms with Crippen molar-refractivity contribution >= 4 is 69.0 Å². The molecule has 5 heterocycles. The van der Waals surface area contributed by atoms with Gasteiger partial charge in [0.05, 0.1) is 16.0 Å². The van der Waals surface area contributed by atoms with Crippen molar-refractivity contribution in [2.75, 3.05) is 55.6 Å². The van der Waals surface area contributed by atoms with Gasteiger partial charge in [0.2, 0.25) is 11.8 Å². The number of fused-ring (bicyclic) bond motifs is 2. The number of phenolic OH excluding ortho intramolecular Hbond substituents is 1. The minimum atomic E-state index is -1.54. The number of piperidine rings is 2. The minimum Gasteiger partial charge on any atom is -0.508 e. The topological polar surface area (TPSA) is 163 Å². The largest absolute Gasteiger partial charge is 0.508 e. The number of benzene rings is 4. The predicted octanol–water partition coefficient (Wildman–Crippen LogP) is 4.58. The van der Waals surface area contributed by atoms with E-state index in [4.69, 9.17) is 4.74 Å². The Balaban J connectivity index is 0.757. The first kappa shape index (κ1) is 38.8. The van der Waals surface area contributed by atoms with Crippen LogP contribution < -0.4 is 25.3 Å². The highest BCUT2D eigenvalue weighted by molar-refractivity contribution is 7.22. The number of rotatable bonds is 10. The Bertz CT molecular complexity index is 2420. The Hall–Kier alpha value is -5.74. The third kappa shape index (κ3) is 7.78. The zero-order valence-electron chi connectivity index (χ0n) is 32.4. The summed E-state index contributed by atoms with van der Waals surface area (Å²) in [5.74, 6) is 0.219. The monoisotopic (exact) mass is 813 g/mol. The summed E-state index contributed by atoms with van der Waals surface area (Å²) in [5.41, 5.74) is 3.95. The van der Waals surface area contributed by atoms with Gasteiger partial charge < -0.3 is 29.7 Å². The number of anilines is 2. The summed E-state index contributed by atoms with van der Waals surface area (Å²) < 4.78 is 7.41. The molecule has 4 amide bonds. The highest BCUT2D eigenvalue weighted by Crippen LogP contribution is 2.47. The second-order valence-electron chi connectivity index (χ2n) is 15.8. The number of amides is 4. The van der Waals surface area contributed by atoms with Crippen molar-refractivity contribution in [3.63, 3.8) is 0 Å². The maximum atomic E-state index is 13.3. The SMILES string of the molecule is O=C1CCC(N2C(=O)c3ccc(N4CCC(CCN5CCN(c6ccc(Oc7c(-c8ccc(B(O)O)cc8)sc8cc(O)ccc78)cc6)CC5)CC4)cc3C2=O)C(=O)N1. The van der Waals surface area contributed by atoms with Gasteiger partial charge in [-0.15, -0.1) is 11.3 Å². The summed E-state index contributed by atoms with van der Waals surface area (Å²) >= 11 is 1.51. The number of hydrogen-bond donors (Lipinski definition) is 4. The normalized spacial score (nSPS) is 19.1. The number of ether oxygens (including phenoxy) is 1. The molecule has 4 aliphatic rings.